The van der Waals surface area contributed by atoms with Crippen molar-refractivity contribution in [2.24, 2.45) is 7.05 Å². The third-order valence-corrected chi connectivity index (χ3v) is 4.62. The molecular formula is C18H24N6O4. The molecule has 3 heterocycles. The number of carbonyl (C=O) groups excluding carboxylic acids is 1. The molecule has 0 radical (unpaired) electrons. The second kappa shape index (κ2) is 7.07. The summed E-state index contributed by atoms with van der Waals surface area (Å²) in [5.41, 5.74) is -1.01. The normalized spacial score (nSPS) is 15.4. The van der Waals surface area contributed by atoms with Crippen LogP contribution in [0.2, 0.25) is 0 Å². The highest BCUT2D eigenvalue weighted by molar-refractivity contribution is 5.88. The van der Waals surface area contributed by atoms with E-state index in [0.29, 0.717) is 38.4 Å². The molecule has 2 N–H and O–H groups in total. The number of rotatable bonds is 1. The molecule has 28 heavy (non-hydrogen) atoms. The van der Waals surface area contributed by atoms with E-state index in [4.69, 9.17) is 4.74 Å². The second-order valence-electron chi connectivity index (χ2n) is 7.81. The highest BCUT2D eigenvalue weighted by Gasteiger charge is 2.27. The van der Waals surface area contributed by atoms with Gasteiger partial charge in [-0.05, 0) is 27.2 Å². The van der Waals surface area contributed by atoms with Crippen LogP contribution in [0.4, 0.5) is 10.6 Å². The third-order valence-electron chi connectivity index (χ3n) is 4.62. The van der Waals surface area contributed by atoms with Crippen LogP contribution >= 0.6 is 0 Å². The van der Waals surface area contributed by atoms with Crippen molar-refractivity contribution < 1.29 is 9.53 Å². The van der Waals surface area contributed by atoms with Crippen LogP contribution in [0.3, 0.4) is 0 Å². The van der Waals surface area contributed by atoms with E-state index in [2.05, 4.69) is 16.0 Å². The number of nitriles is 1. The number of carbonyl (C=O) groups is 1. The maximum Gasteiger partial charge on any atom is 0.410 e. The Labute approximate surface area is 161 Å². The molecular weight excluding hydrogens is 364 g/mol. The molecule has 150 valence electrons. The smallest absolute Gasteiger partial charge is 0.410 e. The molecule has 0 atom stereocenters. The predicted molar refractivity (Wildman–Crippen MR) is 104 cm³/mol. The van der Waals surface area contributed by atoms with Crippen LogP contribution in [0.5, 0.6) is 0 Å². The van der Waals surface area contributed by atoms with E-state index >= 15 is 0 Å². The summed E-state index contributed by atoms with van der Waals surface area (Å²) in [6.45, 7) is 7.47. The Morgan fingerprint density at radius 3 is 2.50 bits per heavy atom. The summed E-state index contributed by atoms with van der Waals surface area (Å²) in [5, 5.41) is 9.67. The first-order valence-electron chi connectivity index (χ1n) is 9.10. The lowest BCUT2D eigenvalue weighted by Crippen LogP contribution is -2.39. The maximum atomic E-state index is 12.3. The van der Waals surface area contributed by atoms with Gasteiger partial charge in [-0.2, -0.15) is 5.26 Å². The Hall–Kier alpha value is -3.22. The molecule has 0 bridgehead atoms. The minimum Gasteiger partial charge on any atom is -0.444 e. The number of ether oxygens (including phenoxy) is 1. The number of hydrogen-bond acceptors (Lipinski definition) is 6. The molecule has 10 nitrogen and oxygen atoms in total. The molecule has 2 aromatic heterocycles. The summed E-state index contributed by atoms with van der Waals surface area (Å²) in [7, 11) is 1.51. The molecule has 2 aromatic rings. The van der Waals surface area contributed by atoms with Gasteiger partial charge in [0.25, 0.3) is 5.56 Å². The Bertz CT molecular complexity index is 1070. The van der Waals surface area contributed by atoms with Gasteiger partial charge in [-0.15, -0.1) is 0 Å². The van der Waals surface area contributed by atoms with E-state index in [0.717, 1.165) is 0 Å². The standard InChI is InChI=1S/C18H24N6O4/c1-18(2,3)28-17(27)24-7-5-6-23(8-9-24)14-11(10-19)13-12(20-14)15(25)21-16(26)22(13)4/h20H,5-9H2,1-4H3,(H,21,25,26). The highest BCUT2D eigenvalue weighted by Crippen LogP contribution is 2.26. The van der Waals surface area contributed by atoms with Gasteiger partial charge in [-0.25, -0.2) is 9.59 Å². The largest absolute Gasteiger partial charge is 0.444 e. The topological polar surface area (TPSA) is 127 Å². The fourth-order valence-electron chi connectivity index (χ4n) is 3.32. The molecule has 0 aromatic carbocycles. The minimum absolute atomic E-state index is 0.182. The van der Waals surface area contributed by atoms with Crippen molar-refractivity contribution in [1.82, 2.24) is 19.4 Å². The van der Waals surface area contributed by atoms with Gasteiger partial charge in [0, 0.05) is 33.2 Å². The minimum atomic E-state index is -0.577. The fourth-order valence-corrected chi connectivity index (χ4v) is 3.32. The molecule has 0 unspecified atom stereocenters. The molecule has 0 spiro atoms. The Morgan fingerprint density at radius 1 is 1.14 bits per heavy atom. The van der Waals surface area contributed by atoms with E-state index < -0.39 is 16.9 Å². The fraction of sp³-hybridized carbons (Fsp3) is 0.556. The summed E-state index contributed by atoms with van der Waals surface area (Å²) in [6, 6.07) is 2.11. The number of aryl methyl sites for hydroxylation is 1. The van der Waals surface area contributed by atoms with Gasteiger partial charge in [0.05, 0.1) is 5.52 Å². The van der Waals surface area contributed by atoms with Crippen LogP contribution in [-0.4, -0.2) is 57.3 Å². The van der Waals surface area contributed by atoms with Gasteiger partial charge in [0.2, 0.25) is 0 Å². The summed E-state index contributed by atoms with van der Waals surface area (Å²) in [6.07, 6.45) is 0.305. The number of aromatic amines is 2. The van der Waals surface area contributed by atoms with Gasteiger partial charge in [-0.1, -0.05) is 0 Å². The quantitative estimate of drug-likeness (QED) is 0.746. The second-order valence-corrected chi connectivity index (χ2v) is 7.81. The lowest BCUT2D eigenvalue weighted by molar-refractivity contribution is 0.0263. The summed E-state index contributed by atoms with van der Waals surface area (Å²) < 4.78 is 6.69. The molecule has 1 fully saturated rings. The summed E-state index contributed by atoms with van der Waals surface area (Å²) in [5.74, 6) is 0.482. The van der Waals surface area contributed by atoms with Crippen molar-refractivity contribution in [3.05, 3.63) is 26.4 Å². The van der Waals surface area contributed by atoms with Crippen LogP contribution < -0.4 is 16.1 Å². The van der Waals surface area contributed by atoms with E-state index in [9.17, 15) is 19.6 Å². The molecule has 1 saturated heterocycles. The van der Waals surface area contributed by atoms with Crippen LogP contribution in [0.25, 0.3) is 11.0 Å². The van der Waals surface area contributed by atoms with Gasteiger partial charge in [0.1, 0.15) is 28.6 Å². The lowest BCUT2D eigenvalue weighted by Gasteiger charge is -2.26. The van der Waals surface area contributed by atoms with Crippen LogP contribution in [0.15, 0.2) is 9.59 Å². The number of aromatic nitrogens is 3. The SMILES string of the molecule is Cn1c(=O)[nH]c(=O)c2[nH]c(N3CCCN(C(=O)OC(C)(C)C)CC3)c(C#N)c21. The molecule has 1 aliphatic rings. The van der Waals surface area contributed by atoms with E-state index in [1.54, 1.807) is 4.90 Å². The van der Waals surface area contributed by atoms with Crippen molar-refractivity contribution in [2.45, 2.75) is 32.8 Å². The zero-order valence-corrected chi connectivity index (χ0v) is 16.5. The lowest BCUT2D eigenvalue weighted by atomic mass is 10.2. The van der Waals surface area contributed by atoms with E-state index in [1.807, 2.05) is 25.7 Å². The van der Waals surface area contributed by atoms with Gasteiger partial charge < -0.3 is 19.5 Å². The predicted octanol–water partition coefficient (Wildman–Crippen LogP) is 0.874. The number of amides is 1. The summed E-state index contributed by atoms with van der Waals surface area (Å²) in [4.78, 5) is 45.2. The first-order valence-corrected chi connectivity index (χ1v) is 9.10. The van der Waals surface area contributed by atoms with Gasteiger partial charge in [-0.3, -0.25) is 14.3 Å². The van der Waals surface area contributed by atoms with Crippen molar-refractivity contribution in [3.8, 4) is 6.07 Å². The number of nitrogens with one attached hydrogen (secondary N) is 2. The highest BCUT2D eigenvalue weighted by atomic mass is 16.6. The molecule has 10 heteroatoms. The Morgan fingerprint density at radius 2 is 1.86 bits per heavy atom. The molecule has 3 rings (SSSR count). The molecule has 0 saturated carbocycles. The Kier molecular flexibility index (Phi) is 4.93. The maximum absolute atomic E-state index is 12.3. The zero-order chi connectivity index (χ0) is 20.6. The van der Waals surface area contributed by atoms with Gasteiger partial charge >= 0.3 is 11.8 Å². The number of nitrogens with zero attached hydrogens (tertiary/aromatic N) is 4. The van der Waals surface area contributed by atoms with Crippen molar-refractivity contribution in [2.75, 3.05) is 31.1 Å². The van der Waals surface area contributed by atoms with Crippen molar-refractivity contribution in [1.29, 1.82) is 5.26 Å². The number of hydrogen-bond donors (Lipinski definition) is 2. The average Bonchev–Trinajstić information content (AvgIpc) is 2.81. The van der Waals surface area contributed by atoms with E-state index in [-0.39, 0.29) is 22.7 Å². The van der Waals surface area contributed by atoms with Crippen molar-refractivity contribution >= 4 is 22.9 Å². The number of H-pyrrole nitrogens is 2. The monoisotopic (exact) mass is 388 g/mol. The molecule has 1 amide bonds. The van der Waals surface area contributed by atoms with Crippen LogP contribution in [0, 0.1) is 11.3 Å². The number of anilines is 1. The first-order chi connectivity index (χ1) is 13.1. The first kappa shape index (κ1) is 19.5. The van der Waals surface area contributed by atoms with E-state index in [1.165, 1.54) is 11.6 Å². The van der Waals surface area contributed by atoms with Crippen LogP contribution in [-0.2, 0) is 11.8 Å². The zero-order valence-electron chi connectivity index (χ0n) is 16.5. The van der Waals surface area contributed by atoms with Gasteiger partial charge in [0.15, 0.2) is 0 Å². The Balaban J connectivity index is 1.92. The average molecular weight is 388 g/mol. The molecule has 1 aliphatic heterocycles. The van der Waals surface area contributed by atoms with Crippen LogP contribution in [0.1, 0.15) is 32.8 Å². The van der Waals surface area contributed by atoms with Crippen molar-refractivity contribution in [3.63, 3.8) is 0 Å². The molecule has 0 aliphatic carbocycles. The summed E-state index contributed by atoms with van der Waals surface area (Å²) >= 11 is 0. The number of fused-ring (bicyclic) bond motifs is 1. The third kappa shape index (κ3) is 3.60.